The second-order valence-corrected chi connectivity index (χ2v) is 8.13. The third-order valence-electron chi connectivity index (χ3n) is 3.84. The zero-order chi connectivity index (χ0) is 18.1. The Bertz CT molecular complexity index is 1190. The molecule has 0 saturated heterocycles. The summed E-state index contributed by atoms with van der Waals surface area (Å²) in [6.07, 6.45) is 5.48. The lowest BCUT2D eigenvalue weighted by atomic mass is 10.2. The third kappa shape index (κ3) is 2.96. The van der Waals surface area contributed by atoms with Gasteiger partial charge < -0.3 is 14.0 Å². The van der Waals surface area contributed by atoms with Crippen molar-refractivity contribution >= 4 is 31.6 Å². The number of benzene rings is 2. The molecule has 0 radical (unpaired) electrons. The number of aromatic nitrogens is 1. The molecule has 0 aliphatic carbocycles. The predicted molar refractivity (Wildman–Crippen MR) is 98.8 cm³/mol. The molecule has 0 saturated carbocycles. The Labute approximate surface area is 154 Å². The Balaban J connectivity index is 1.95. The van der Waals surface area contributed by atoms with Crippen LogP contribution in [0.25, 0.3) is 10.2 Å². The number of hydrogen-bond acceptors (Lipinski definition) is 5. The molecule has 1 aromatic heterocycles. The first-order valence-corrected chi connectivity index (χ1v) is 10.1. The zero-order valence-corrected chi connectivity index (χ0v) is 15.2. The van der Waals surface area contributed by atoms with Crippen LogP contribution in [0, 0.1) is 12.3 Å². The molecule has 1 aliphatic rings. The number of hydrogen-bond donors (Lipinski definition) is 0. The van der Waals surface area contributed by atoms with E-state index in [2.05, 4.69) is 10.3 Å². The quantitative estimate of drug-likeness (QED) is 0.648. The Morgan fingerprint density at radius 1 is 1.15 bits per heavy atom. The number of terminal acetylenes is 1. The lowest BCUT2D eigenvalue weighted by molar-refractivity contribution is 0.172. The maximum Gasteiger partial charge on any atom is 0.285 e. The number of rotatable bonds is 3. The van der Waals surface area contributed by atoms with Gasteiger partial charge in [-0.1, -0.05) is 35.5 Å². The number of thiazole rings is 1. The van der Waals surface area contributed by atoms with Crippen molar-refractivity contribution in [1.82, 2.24) is 4.57 Å². The van der Waals surface area contributed by atoms with E-state index in [1.165, 1.54) is 23.5 Å². The molecule has 0 amide bonds. The van der Waals surface area contributed by atoms with Gasteiger partial charge in [-0.05, 0) is 12.1 Å². The van der Waals surface area contributed by atoms with Crippen molar-refractivity contribution in [2.24, 2.45) is 4.40 Å². The van der Waals surface area contributed by atoms with Crippen LogP contribution < -0.4 is 14.3 Å². The van der Waals surface area contributed by atoms with Crippen molar-refractivity contribution < 1.29 is 17.9 Å². The molecular formula is C18H14N2O4S2. The van der Waals surface area contributed by atoms with Crippen LogP contribution in [0.3, 0.4) is 0 Å². The molecule has 2 heterocycles. The Kier molecular flexibility index (Phi) is 4.18. The highest BCUT2D eigenvalue weighted by Gasteiger charge is 2.18. The van der Waals surface area contributed by atoms with Crippen molar-refractivity contribution in [1.29, 1.82) is 0 Å². The van der Waals surface area contributed by atoms with E-state index in [-0.39, 0.29) is 11.4 Å². The summed E-state index contributed by atoms with van der Waals surface area (Å²) in [4.78, 5) is 0.444. The molecule has 4 rings (SSSR count). The number of fused-ring (bicyclic) bond motifs is 2. The molecule has 0 bridgehead atoms. The monoisotopic (exact) mass is 386 g/mol. The van der Waals surface area contributed by atoms with Crippen molar-refractivity contribution in [2.75, 3.05) is 13.2 Å². The van der Waals surface area contributed by atoms with Crippen molar-refractivity contribution in [3.63, 3.8) is 0 Å². The van der Waals surface area contributed by atoms with Gasteiger partial charge in [-0.3, -0.25) is 0 Å². The van der Waals surface area contributed by atoms with E-state index in [1.807, 2.05) is 12.1 Å². The average Bonchev–Trinajstić information content (AvgIpc) is 2.96. The number of ether oxygens (including phenoxy) is 2. The van der Waals surface area contributed by atoms with Gasteiger partial charge in [0, 0.05) is 12.1 Å². The van der Waals surface area contributed by atoms with Gasteiger partial charge in [-0.25, -0.2) is 0 Å². The second-order valence-electron chi connectivity index (χ2n) is 5.52. The van der Waals surface area contributed by atoms with Crippen molar-refractivity contribution in [3.8, 4) is 23.8 Å². The molecule has 1 aliphatic heterocycles. The lowest BCUT2D eigenvalue weighted by Gasteiger charge is -2.18. The molecule has 0 atom stereocenters. The maximum absolute atomic E-state index is 12.6. The Hall–Kier alpha value is -2.76. The summed E-state index contributed by atoms with van der Waals surface area (Å²) in [6.45, 7) is 1.15. The highest BCUT2D eigenvalue weighted by molar-refractivity contribution is 7.90. The van der Waals surface area contributed by atoms with Crippen molar-refractivity contribution in [2.45, 2.75) is 11.4 Å². The van der Waals surface area contributed by atoms with Crippen LogP contribution in [0.15, 0.2) is 51.8 Å². The Morgan fingerprint density at radius 3 is 2.54 bits per heavy atom. The number of sulfonamides is 1. The molecular weight excluding hydrogens is 372 g/mol. The van der Waals surface area contributed by atoms with Gasteiger partial charge in [0.05, 0.1) is 21.7 Å². The van der Waals surface area contributed by atoms with Crippen LogP contribution in [0.2, 0.25) is 0 Å². The summed E-state index contributed by atoms with van der Waals surface area (Å²) in [7, 11) is -3.84. The third-order valence-corrected chi connectivity index (χ3v) is 6.27. The molecule has 0 N–H and O–H groups in total. The van der Waals surface area contributed by atoms with Crippen LogP contribution in [-0.2, 0) is 16.6 Å². The summed E-state index contributed by atoms with van der Waals surface area (Å²) >= 11 is 1.24. The molecule has 0 spiro atoms. The largest absolute Gasteiger partial charge is 0.486 e. The first-order valence-electron chi connectivity index (χ1n) is 7.81. The zero-order valence-electron chi connectivity index (χ0n) is 13.6. The minimum Gasteiger partial charge on any atom is -0.486 e. The Morgan fingerprint density at radius 2 is 1.85 bits per heavy atom. The standard InChI is InChI=1S/C18H14N2O4S2/c1-2-8-20-14-11-15-16(24-10-9-23-15)12-17(14)25-18(20)19-26(21,22)13-6-4-3-5-7-13/h1,3-7,11-12H,8-10H2/b19-18-. The summed E-state index contributed by atoms with van der Waals surface area (Å²) in [6, 6.07) is 11.7. The number of nitrogens with zero attached hydrogens (tertiary/aromatic N) is 2. The SMILES string of the molecule is C#CCn1/c(=N/S(=O)(=O)c2ccccc2)sc2cc3c(cc21)OCCO3. The molecule has 6 nitrogen and oxygen atoms in total. The summed E-state index contributed by atoms with van der Waals surface area (Å²) < 4.78 is 43.0. The van der Waals surface area contributed by atoms with Crippen LogP contribution in [0.4, 0.5) is 0 Å². The van der Waals surface area contributed by atoms with Crippen LogP contribution in [0.5, 0.6) is 11.5 Å². The van der Waals surface area contributed by atoms with Gasteiger partial charge in [0.15, 0.2) is 11.5 Å². The van der Waals surface area contributed by atoms with Crippen LogP contribution >= 0.6 is 11.3 Å². The molecule has 8 heteroatoms. The van der Waals surface area contributed by atoms with E-state index in [0.29, 0.717) is 29.5 Å². The molecule has 0 fully saturated rings. The van der Waals surface area contributed by atoms with E-state index >= 15 is 0 Å². The predicted octanol–water partition coefficient (Wildman–Crippen LogP) is 2.40. The normalized spacial score (nSPS) is 14.3. The van der Waals surface area contributed by atoms with E-state index < -0.39 is 10.0 Å². The molecule has 3 aromatic rings. The second kappa shape index (κ2) is 6.52. The van der Waals surface area contributed by atoms with Gasteiger partial charge in [0.25, 0.3) is 10.0 Å². The molecule has 26 heavy (non-hydrogen) atoms. The fraction of sp³-hybridized carbons (Fsp3) is 0.167. The first kappa shape index (κ1) is 16.7. The van der Waals surface area contributed by atoms with Crippen LogP contribution in [0.1, 0.15) is 0 Å². The van der Waals surface area contributed by atoms with E-state index in [1.54, 1.807) is 22.8 Å². The van der Waals surface area contributed by atoms with E-state index in [4.69, 9.17) is 15.9 Å². The van der Waals surface area contributed by atoms with Gasteiger partial charge >= 0.3 is 0 Å². The fourth-order valence-corrected chi connectivity index (χ4v) is 4.93. The van der Waals surface area contributed by atoms with Crippen LogP contribution in [-0.4, -0.2) is 26.2 Å². The van der Waals surface area contributed by atoms with Gasteiger partial charge in [-0.2, -0.15) is 8.42 Å². The lowest BCUT2D eigenvalue weighted by Crippen LogP contribution is -2.17. The van der Waals surface area contributed by atoms with E-state index in [0.717, 1.165) is 10.2 Å². The minimum absolute atomic E-state index is 0.135. The topological polar surface area (TPSA) is 69.9 Å². The fourth-order valence-electron chi connectivity index (χ4n) is 2.67. The molecule has 2 aromatic carbocycles. The summed E-state index contributed by atoms with van der Waals surface area (Å²) in [5, 5.41) is 0. The highest BCUT2D eigenvalue weighted by atomic mass is 32.2. The highest BCUT2D eigenvalue weighted by Crippen LogP contribution is 2.35. The van der Waals surface area contributed by atoms with Gasteiger partial charge in [-0.15, -0.1) is 10.8 Å². The minimum atomic E-state index is -3.84. The van der Waals surface area contributed by atoms with E-state index in [9.17, 15) is 8.42 Å². The van der Waals surface area contributed by atoms with Gasteiger partial charge in [0.1, 0.15) is 13.2 Å². The molecule has 132 valence electrons. The maximum atomic E-state index is 12.6. The van der Waals surface area contributed by atoms with Gasteiger partial charge in [0.2, 0.25) is 4.80 Å². The summed E-state index contributed by atoms with van der Waals surface area (Å²) in [5.74, 6) is 3.80. The molecule has 0 unspecified atom stereocenters. The first-order chi connectivity index (χ1) is 12.6. The smallest absolute Gasteiger partial charge is 0.285 e. The summed E-state index contributed by atoms with van der Waals surface area (Å²) in [5.41, 5.74) is 0.763. The van der Waals surface area contributed by atoms with Crippen molar-refractivity contribution in [3.05, 3.63) is 47.3 Å². The average molecular weight is 386 g/mol.